The number of carbonyl (C=O) groups excluding carboxylic acids is 1. The number of fused-ring (bicyclic) bond motifs is 2. The molecule has 4 aliphatic carbocycles. The van der Waals surface area contributed by atoms with Crippen LogP contribution < -0.4 is 10.9 Å². The molecule has 0 unspecified atom stereocenters. The van der Waals surface area contributed by atoms with Gasteiger partial charge in [-0.25, -0.2) is 22.0 Å². The van der Waals surface area contributed by atoms with E-state index in [2.05, 4.69) is 38.1 Å². The van der Waals surface area contributed by atoms with E-state index in [4.69, 9.17) is 19.7 Å². The number of aryl methyl sites for hydroxylation is 4. The lowest BCUT2D eigenvalue weighted by atomic mass is 9.86. The Balaban J connectivity index is 0.000000172. The quantitative estimate of drug-likeness (QED) is 0.101. The number of sulfonamides is 1. The van der Waals surface area contributed by atoms with Gasteiger partial charge in [0.15, 0.2) is 5.78 Å². The minimum Gasteiger partial charge on any atom is -0.450 e. The first-order valence-corrected chi connectivity index (χ1v) is 24.5. The lowest BCUT2D eigenvalue weighted by Crippen LogP contribution is -2.20. The molecule has 2 aromatic heterocycles. The molecule has 2 atom stereocenters. The number of anilines is 1. The van der Waals surface area contributed by atoms with E-state index in [1.54, 1.807) is 27.7 Å². The molecule has 328 valence electrons. The molecule has 2 fully saturated rings. The molecule has 2 aromatic carbocycles. The number of aliphatic hydroxyl groups is 2. The smallest absolute Gasteiger partial charge is 0.271 e. The van der Waals surface area contributed by atoms with E-state index in [-0.39, 0.29) is 22.4 Å². The zero-order valence-electron chi connectivity index (χ0n) is 36.5. The second kappa shape index (κ2) is 17.2. The second-order valence-corrected chi connectivity index (χ2v) is 22.1. The summed E-state index contributed by atoms with van der Waals surface area (Å²) in [6, 6.07) is 11.5. The maximum Gasteiger partial charge on any atom is 0.271 e. The van der Waals surface area contributed by atoms with Gasteiger partial charge in [0.25, 0.3) is 10.0 Å². The highest BCUT2D eigenvalue weighted by Gasteiger charge is 2.34. The molecule has 0 bridgehead atoms. The number of ketones is 1. The van der Waals surface area contributed by atoms with Crippen molar-refractivity contribution in [3.8, 4) is 0 Å². The molecule has 4 aliphatic rings. The lowest BCUT2D eigenvalue weighted by molar-refractivity contribution is -0.116. The molecule has 4 aromatic rings. The van der Waals surface area contributed by atoms with E-state index in [0.29, 0.717) is 40.4 Å². The van der Waals surface area contributed by atoms with E-state index in [0.717, 1.165) is 36.4 Å². The summed E-state index contributed by atoms with van der Waals surface area (Å²) >= 11 is 0. The monoisotopic (exact) mass is 864 g/mol. The number of furan rings is 2. The highest BCUT2D eigenvalue weighted by molar-refractivity contribution is 7.92. The number of benzene rings is 2. The van der Waals surface area contributed by atoms with Gasteiger partial charge in [0.1, 0.15) is 17.3 Å². The summed E-state index contributed by atoms with van der Waals surface area (Å²) in [6.45, 7) is 14.0. The molecule has 8 rings (SSSR count). The van der Waals surface area contributed by atoms with E-state index in [1.807, 2.05) is 0 Å². The van der Waals surface area contributed by atoms with Crippen molar-refractivity contribution in [1.82, 2.24) is 0 Å². The van der Waals surface area contributed by atoms with Gasteiger partial charge >= 0.3 is 0 Å². The van der Waals surface area contributed by atoms with Crippen LogP contribution >= 0.6 is 0 Å². The predicted molar refractivity (Wildman–Crippen MR) is 233 cm³/mol. The number of sulfone groups is 1. The summed E-state index contributed by atoms with van der Waals surface area (Å²) < 4.78 is 58.0. The Bertz CT molecular complexity index is 2460. The predicted octanol–water partition coefficient (Wildman–Crippen LogP) is 8.14. The summed E-state index contributed by atoms with van der Waals surface area (Å²) in [6.07, 6.45) is 12.2. The maximum absolute atomic E-state index is 13.0. The number of nitrogens with two attached hydrogens (primary N) is 2. The van der Waals surface area contributed by atoms with E-state index in [1.165, 1.54) is 104 Å². The summed E-state index contributed by atoms with van der Waals surface area (Å²) in [7, 11) is -7.76. The first-order chi connectivity index (χ1) is 27.9. The zero-order chi connectivity index (χ0) is 44.1. The molecule has 0 radical (unpaired) electrons. The molecule has 0 spiro atoms. The maximum atomic E-state index is 13.0. The first kappa shape index (κ1) is 45.8. The highest BCUT2D eigenvalue weighted by Crippen LogP contribution is 2.46. The molecule has 0 aliphatic heterocycles. The van der Waals surface area contributed by atoms with Gasteiger partial charge in [0.2, 0.25) is 20.0 Å². The number of nitrogen functional groups attached to an aromatic ring is 1. The van der Waals surface area contributed by atoms with Crippen molar-refractivity contribution in [2.75, 3.05) is 11.5 Å². The Morgan fingerprint density at radius 2 is 1.18 bits per heavy atom. The van der Waals surface area contributed by atoms with Crippen molar-refractivity contribution >= 4 is 31.3 Å². The Morgan fingerprint density at radius 3 is 1.65 bits per heavy atom. The number of primary sulfonamides is 1. The minimum absolute atomic E-state index is 0.146. The van der Waals surface area contributed by atoms with Crippen LogP contribution in [0.15, 0.2) is 55.4 Å². The Morgan fingerprint density at radius 1 is 0.733 bits per heavy atom. The third-order valence-electron chi connectivity index (χ3n) is 12.9. The van der Waals surface area contributed by atoms with Crippen LogP contribution in [0.2, 0.25) is 0 Å². The summed E-state index contributed by atoms with van der Waals surface area (Å²) in [5.74, 6) is 2.44. The van der Waals surface area contributed by atoms with Crippen LogP contribution in [0.4, 0.5) is 5.69 Å². The third-order valence-corrected chi connectivity index (χ3v) is 15.1. The molecule has 2 saturated carbocycles. The SMILES string of the molecule is C[C@@H](c1ccc2c(c1N)CCC2)C1CC1.Cc1oc(S(=O)(=O)CC(=O)Cc2c([C@H](C)C3CC3)ccc3c2CCC3)cc1C(C)(C)O.Cc1oc(S(N)(=O)=O)cc1C(C)(C)O. The molecular weight excluding hydrogens is 801 g/mol. The largest absolute Gasteiger partial charge is 0.450 e. The third kappa shape index (κ3) is 10.5. The normalized spacial score (nSPS) is 17.5. The average molecular weight is 865 g/mol. The second-order valence-electron chi connectivity index (χ2n) is 18.6. The molecule has 13 heteroatoms. The number of hydrogen-bond acceptors (Lipinski definition) is 10. The Kier molecular flexibility index (Phi) is 13.1. The fourth-order valence-corrected chi connectivity index (χ4v) is 10.9. The minimum atomic E-state index is -3.92. The highest BCUT2D eigenvalue weighted by atomic mass is 32.2. The first-order valence-electron chi connectivity index (χ1n) is 21.3. The van der Waals surface area contributed by atoms with Crippen LogP contribution in [-0.4, -0.2) is 38.6 Å². The molecule has 0 amide bonds. The van der Waals surface area contributed by atoms with Crippen LogP contribution in [0.5, 0.6) is 0 Å². The van der Waals surface area contributed by atoms with Gasteiger partial charge in [0.05, 0.1) is 11.2 Å². The standard InChI is InChI=1S/C25H32O5S.C14H19N.C8H13NO4S/c1-15(17-8-9-17)20-11-10-18-6-5-7-21(18)22(20)12-19(26)14-31(28,29)24-13-23(16(2)30-24)25(3,4)27;1-9(10-5-6-10)12-8-7-11-3-2-4-13(11)14(12)15;1-5-6(8(2,3)10)4-7(13-5)14(9,11)12/h10-11,13,15,17,27H,5-9,12,14H2,1-4H3;7-10H,2-6,15H2,1H3;4,10H,1-3H3,(H2,9,11,12)/t15-;9-;/m11./s1. The number of carbonyl (C=O) groups is 1. The van der Waals surface area contributed by atoms with Crippen molar-refractivity contribution in [3.63, 3.8) is 0 Å². The van der Waals surface area contributed by atoms with E-state index in [9.17, 15) is 31.8 Å². The number of hydrogen-bond donors (Lipinski definition) is 4. The van der Waals surface area contributed by atoms with Crippen molar-refractivity contribution in [2.45, 2.75) is 159 Å². The van der Waals surface area contributed by atoms with E-state index >= 15 is 0 Å². The molecule has 11 nitrogen and oxygen atoms in total. The summed E-state index contributed by atoms with van der Waals surface area (Å²) in [4.78, 5) is 13.0. The van der Waals surface area contributed by atoms with Crippen LogP contribution in [-0.2, 0) is 68.0 Å². The fourth-order valence-electron chi connectivity index (χ4n) is 9.16. The molecule has 2 heterocycles. The van der Waals surface area contributed by atoms with Gasteiger partial charge in [-0.3, -0.25) is 4.79 Å². The van der Waals surface area contributed by atoms with Gasteiger partial charge in [-0.15, -0.1) is 0 Å². The van der Waals surface area contributed by atoms with Crippen LogP contribution in [0.25, 0.3) is 0 Å². The van der Waals surface area contributed by atoms with E-state index < -0.39 is 36.8 Å². The van der Waals surface area contributed by atoms with Crippen LogP contribution in [0, 0.1) is 25.7 Å². The van der Waals surface area contributed by atoms with Gasteiger partial charge in [-0.1, -0.05) is 38.1 Å². The lowest BCUT2D eigenvalue weighted by Gasteiger charge is -2.19. The van der Waals surface area contributed by atoms with Gasteiger partial charge < -0.3 is 24.8 Å². The summed E-state index contributed by atoms with van der Waals surface area (Å²) in [5.41, 5.74) is 15.1. The van der Waals surface area contributed by atoms with Crippen LogP contribution in [0.3, 0.4) is 0 Å². The molecule has 60 heavy (non-hydrogen) atoms. The number of rotatable bonds is 12. The molecular formula is C47H64N2O9S2. The Labute approximate surface area is 356 Å². The Hall–Kier alpha value is -3.75. The van der Waals surface area contributed by atoms with Gasteiger partial charge in [-0.2, -0.15) is 0 Å². The summed E-state index contributed by atoms with van der Waals surface area (Å²) in [5, 5.41) is 24.2. The van der Waals surface area contributed by atoms with Crippen LogP contribution in [0.1, 0.15) is 153 Å². The van der Waals surface area contributed by atoms with Crippen molar-refractivity contribution in [3.05, 3.63) is 98.0 Å². The molecule has 6 N–H and O–H groups in total. The molecule has 0 saturated heterocycles. The van der Waals surface area contributed by atoms with Crippen molar-refractivity contribution in [2.24, 2.45) is 17.0 Å². The number of Topliss-reactive ketones (excluding diaryl/α,β-unsaturated/α-hetero) is 1. The fraction of sp³-hybridized carbons (Fsp3) is 0.553. The average Bonchev–Trinajstić information content (AvgIpc) is 3.95. The topological polar surface area (TPSA) is 204 Å². The van der Waals surface area contributed by atoms with Gasteiger partial charge in [-0.05, 0) is 168 Å². The van der Waals surface area contributed by atoms with Crippen molar-refractivity contribution in [1.29, 1.82) is 0 Å². The van der Waals surface area contributed by atoms with Crippen molar-refractivity contribution < 1.29 is 40.7 Å². The zero-order valence-corrected chi connectivity index (χ0v) is 38.1. The van der Waals surface area contributed by atoms with Gasteiger partial charge in [0, 0.05) is 35.4 Å².